The van der Waals surface area contributed by atoms with Gasteiger partial charge in [-0.1, -0.05) is 19.3 Å². The van der Waals surface area contributed by atoms with Crippen molar-refractivity contribution in [2.24, 2.45) is 0 Å². The lowest BCUT2D eigenvalue weighted by atomic mass is 9.80. The maximum atomic E-state index is 14.0. The molecule has 188 valence electrons. The van der Waals surface area contributed by atoms with E-state index in [1.165, 1.54) is 31.1 Å². The number of anilines is 1. The minimum absolute atomic E-state index is 0.0488. The van der Waals surface area contributed by atoms with Crippen LogP contribution in [0.4, 0.5) is 10.1 Å². The summed E-state index contributed by atoms with van der Waals surface area (Å²) in [6, 6.07) is 6.80. The number of ketones is 1. The van der Waals surface area contributed by atoms with Crippen molar-refractivity contribution in [3.63, 3.8) is 0 Å². The molecule has 2 fully saturated rings. The van der Waals surface area contributed by atoms with E-state index in [-0.39, 0.29) is 24.0 Å². The summed E-state index contributed by atoms with van der Waals surface area (Å²) in [5, 5.41) is 5.79. The summed E-state index contributed by atoms with van der Waals surface area (Å²) in [6.07, 6.45) is 8.04. The fraction of sp³-hybridized carbons (Fsp3) is 0.385. The van der Waals surface area contributed by atoms with E-state index in [2.05, 4.69) is 15.6 Å². The van der Waals surface area contributed by atoms with Crippen LogP contribution in [0.15, 0.2) is 58.1 Å². The summed E-state index contributed by atoms with van der Waals surface area (Å²) in [7, 11) is 0. The van der Waals surface area contributed by atoms with Crippen LogP contribution in [0.3, 0.4) is 0 Å². The molecule has 10 heteroatoms. The third-order valence-electron chi connectivity index (χ3n) is 6.98. The predicted molar refractivity (Wildman–Crippen MR) is 128 cm³/mol. The van der Waals surface area contributed by atoms with Crippen molar-refractivity contribution in [2.45, 2.75) is 50.1 Å². The van der Waals surface area contributed by atoms with Gasteiger partial charge in [-0.25, -0.2) is 9.37 Å². The minimum Gasteiger partial charge on any atom is -0.459 e. The third kappa shape index (κ3) is 4.75. The molecule has 1 aromatic carbocycles. The largest absolute Gasteiger partial charge is 0.459 e. The quantitative estimate of drug-likeness (QED) is 0.539. The first-order valence-corrected chi connectivity index (χ1v) is 12.1. The number of furan rings is 1. The lowest BCUT2D eigenvalue weighted by Crippen LogP contribution is -2.63. The molecule has 0 spiro atoms. The maximum Gasteiger partial charge on any atom is 0.287 e. The second-order valence-corrected chi connectivity index (χ2v) is 9.31. The molecule has 1 aliphatic heterocycles. The molecule has 0 bridgehead atoms. The van der Waals surface area contributed by atoms with Gasteiger partial charge < -0.3 is 24.4 Å². The molecular formula is C26H27FN4O5. The molecule has 1 unspecified atom stereocenters. The minimum atomic E-state index is -1.09. The van der Waals surface area contributed by atoms with Crippen LogP contribution in [-0.2, 0) is 9.59 Å². The molecule has 3 aromatic rings. The molecule has 2 aromatic heterocycles. The molecule has 2 aliphatic rings. The number of aromatic nitrogens is 1. The summed E-state index contributed by atoms with van der Waals surface area (Å²) in [6.45, 7) is 0.520. The molecule has 5 rings (SSSR count). The van der Waals surface area contributed by atoms with Gasteiger partial charge in [-0.2, -0.15) is 0 Å². The molecule has 0 radical (unpaired) electrons. The van der Waals surface area contributed by atoms with Gasteiger partial charge in [0.15, 0.2) is 17.9 Å². The number of nitrogens with one attached hydrogen (secondary N) is 2. The highest BCUT2D eigenvalue weighted by atomic mass is 19.1. The van der Waals surface area contributed by atoms with E-state index in [9.17, 15) is 18.8 Å². The number of benzene rings is 1. The first-order chi connectivity index (χ1) is 17.4. The van der Waals surface area contributed by atoms with Gasteiger partial charge in [-0.3, -0.25) is 14.4 Å². The second kappa shape index (κ2) is 9.96. The first kappa shape index (κ1) is 23.8. The van der Waals surface area contributed by atoms with Gasteiger partial charge >= 0.3 is 0 Å². The normalized spacial score (nSPS) is 19.6. The van der Waals surface area contributed by atoms with Gasteiger partial charge in [0, 0.05) is 17.8 Å². The fourth-order valence-corrected chi connectivity index (χ4v) is 5.06. The van der Waals surface area contributed by atoms with Crippen molar-refractivity contribution in [3.8, 4) is 11.3 Å². The number of Topliss-reactive ketones (excluding diaryl/α,β-unsaturated/α-hetero) is 1. The van der Waals surface area contributed by atoms with Gasteiger partial charge in [0.25, 0.3) is 5.91 Å². The molecule has 9 nitrogen and oxygen atoms in total. The Hall–Kier alpha value is -3.95. The van der Waals surface area contributed by atoms with Crippen molar-refractivity contribution >= 4 is 23.3 Å². The summed E-state index contributed by atoms with van der Waals surface area (Å²) >= 11 is 0. The summed E-state index contributed by atoms with van der Waals surface area (Å²) in [5.74, 6) is -1.24. The number of amides is 2. The highest BCUT2D eigenvalue weighted by molar-refractivity contribution is 6.00. The van der Waals surface area contributed by atoms with Gasteiger partial charge in [0.1, 0.15) is 23.3 Å². The topological polar surface area (TPSA) is 118 Å². The van der Waals surface area contributed by atoms with E-state index < -0.39 is 23.3 Å². The highest BCUT2D eigenvalue weighted by Crippen LogP contribution is 2.33. The number of piperidine rings is 1. The average Bonchev–Trinajstić information content (AvgIpc) is 3.61. The van der Waals surface area contributed by atoms with Crippen LogP contribution in [0.2, 0.25) is 0 Å². The van der Waals surface area contributed by atoms with Crippen LogP contribution < -0.4 is 15.5 Å². The van der Waals surface area contributed by atoms with E-state index in [1.54, 1.807) is 18.2 Å². The Bertz CT molecular complexity index is 1240. The lowest BCUT2D eigenvalue weighted by Gasteiger charge is -2.39. The molecule has 2 N–H and O–H groups in total. The number of nitrogens with zero attached hydrogens (tertiary/aromatic N) is 2. The number of carbonyl (C=O) groups excluding carboxylic acids is 3. The zero-order chi connectivity index (χ0) is 25.1. The number of carbonyl (C=O) groups is 3. The van der Waals surface area contributed by atoms with Gasteiger partial charge in [-0.15, -0.1) is 0 Å². The first-order valence-electron chi connectivity index (χ1n) is 12.1. The smallest absolute Gasteiger partial charge is 0.287 e. The van der Waals surface area contributed by atoms with E-state index in [0.717, 1.165) is 19.3 Å². The van der Waals surface area contributed by atoms with Crippen LogP contribution in [0.5, 0.6) is 0 Å². The van der Waals surface area contributed by atoms with Gasteiger partial charge in [0.05, 0.1) is 18.8 Å². The number of rotatable bonds is 6. The molecule has 3 heterocycles. The molecule has 1 saturated heterocycles. The highest BCUT2D eigenvalue weighted by Gasteiger charge is 2.43. The van der Waals surface area contributed by atoms with Crippen molar-refractivity contribution in [3.05, 3.63) is 60.8 Å². The van der Waals surface area contributed by atoms with Crippen molar-refractivity contribution in [2.75, 3.05) is 18.0 Å². The van der Waals surface area contributed by atoms with E-state index in [1.807, 2.05) is 4.90 Å². The molecule has 1 atom stereocenters. The average molecular weight is 495 g/mol. The van der Waals surface area contributed by atoms with Crippen molar-refractivity contribution in [1.29, 1.82) is 0 Å². The number of halogens is 1. The molecule has 1 aliphatic carbocycles. The Kier molecular flexibility index (Phi) is 6.58. The number of hydrogen-bond donors (Lipinski definition) is 2. The standard InChI is InChI=1S/C26H27FN4O5/c27-17-6-7-21(18(13-17)20-15-35-16-28-20)31-11-8-19(22(32)14-31)29-25(34)26(9-2-1-3-10-26)30-24(33)23-5-4-12-36-23/h4-7,12-13,15-16,19H,1-3,8-11,14H2,(H,29,34)(H,30,33). The van der Waals surface area contributed by atoms with E-state index >= 15 is 0 Å². The Morgan fingerprint density at radius 2 is 2.00 bits per heavy atom. The van der Waals surface area contributed by atoms with Crippen LogP contribution in [0, 0.1) is 5.82 Å². The molecular weight excluding hydrogens is 467 g/mol. The number of hydrogen-bond acceptors (Lipinski definition) is 7. The predicted octanol–water partition coefficient (Wildman–Crippen LogP) is 3.47. The lowest BCUT2D eigenvalue weighted by molar-refractivity contribution is -0.133. The Labute approximate surface area is 207 Å². The zero-order valence-corrected chi connectivity index (χ0v) is 19.7. The molecule has 36 heavy (non-hydrogen) atoms. The number of oxazole rings is 1. The fourth-order valence-electron chi connectivity index (χ4n) is 5.06. The Morgan fingerprint density at radius 3 is 2.69 bits per heavy atom. The van der Waals surface area contributed by atoms with E-state index in [0.29, 0.717) is 42.8 Å². The van der Waals surface area contributed by atoms with Crippen LogP contribution >= 0.6 is 0 Å². The van der Waals surface area contributed by atoms with Gasteiger partial charge in [-0.05, 0) is 49.6 Å². The third-order valence-corrected chi connectivity index (χ3v) is 6.98. The summed E-state index contributed by atoms with van der Waals surface area (Å²) in [4.78, 5) is 45.2. The van der Waals surface area contributed by atoms with Crippen LogP contribution in [-0.4, -0.2) is 47.3 Å². The summed E-state index contributed by atoms with van der Waals surface area (Å²) < 4.78 is 24.2. The van der Waals surface area contributed by atoms with Crippen molar-refractivity contribution < 1.29 is 27.6 Å². The van der Waals surface area contributed by atoms with Crippen LogP contribution in [0.25, 0.3) is 11.3 Å². The Morgan fingerprint density at radius 1 is 1.17 bits per heavy atom. The SMILES string of the molecule is O=C(NC1(C(=O)NC2CCN(c3ccc(F)cc3-c3cocn3)CC2=O)CCCCC1)c1ccco1. The molecule has 1 saturated carbocycles. The zero-order valence-electron chi connectivity index (χ0n) is 19.7. The second-order valence-electron chi connectivity index (χ2n) is 9.31. The summed E-state index contributed by atoms with van der Waals surface area (Å²) in [5.41, 5.74) is 0.578. The molecule has 2 amide bonds. The van der Waals surface area contributed by atoms with Crippen LogP contribution in [0.1, 0.15) is 49.1 Å². The monoisotopic (exact) mass is 494 g/mol. The van der Waals surface area contributed by atoms with E-state index in [4.69, 9.17) is 8.83 Å². The van der Waals surface area contributed by atoms with Crippen molar-refractivity contribution in [1.82, 2.24) is 15.6 Å². The van der Waals surface area contributed by atoms with Gasteiger partial charge in [0.2, 0.25) is 5.91 Å². The Balaban J connectivity index is 1.29. The maximum absolute atomic E-state index is 14.0.